The molecule has 1 rings (SSSR count). The van der Waals surface area contributed by atoms with Gasteiger partial charge in [0.1, 0.15) is 5.75 Å². The number of rotatable bonds is 7. The summed E-state index contributed by atoms with van der Waals surface area (Å²) in [4.78, 5) is 13.5. The molecule has 0 aromatic heterocycles. The van der Waals surface area contributed by atoms with Gasteiger partial charge in [-0.15, -0.1) is 0 Å². The van der Waals surface area contributed by atoms with Crippen LogP contribution in [-0.2, 0) is 9.53 Å². The number of halogens is 1. The average Bonchev–Trinajstić information content (AvgIpc) is 2.40. The Hall–Kier alpha value is -1.30. The van der Waals surface area contributed by atoms with E-state index in [1.165, 1.54) is 12.0 Å². The Morgan fingerprint density at radius 1 is 1.40 bits per heavy atom. The van der Waals surface area contributed by atoms with Crippen LogP contribution >= 0.6 is 11.6 Å². The van der Waals surface area contributed by atoms with Crippen LogP contribution in [0.1, 0.15) is 6.92 Å². The first-order chi connectivity index (χ1) is 9.43. The van der Waals surface area contributed by atoms with Crippen LogP contribution in [0, 0.1) is 0 Å². The first kappa shape index (κ1) is 16.8. The van der Waals surface area contributed by atoms with E-state index in [0.29, 0.717) is 10.8 Å². The molecule has 1 aromatic rings. The molecule has 1 aromatic carbocycles. The van der Waals surface area contributed by atoms with Crippen molar-refractivity contribution >= 4 is 17.5 Å². The first-order valence-corrected chi connectivity index (χ1v) is 6.66. The zero-order valence-electron chi connectivity index (χ0n) is 11.9. The van der Waals surface area contributed by atoms with Crippen LogP contribution in [0.5, 0.6) is 5.75 Å². The number of ether oxygens (including phenoxy) is 2. The Labute approximate surface area is 124 Å². The van der Waals surface area contributed by atoms with Crippen molar-refractivity contribution in [3.63, 3.8) is 0 Å². The minimum absolute atomic E-state index is 0.185. The maximum absolute atomic E-state index is 12.1. The molecular weight excluding hydrogens is 282 g/mol. The predicted octanol–water partition coefficient (Wildman–Crippen LogP) is 1.57. The quantitative estimate of drug-likeness (QED) is 0.830. The molecule has 6 heteroatoms. The highest BCUT2D eigenvalue weighted by Gasteiger charge is 2.21. The fraction of sp³-hybridized carbons (Fsp3) is 0.500. The standard InChI is InChI=1S/C14H20ClNO4/c1-10(20-13-6-4-11(15)5-7-13)14(18)16(2)8-12(17)9-19-3/h4-7,10,12,17H,8-9H2,1-3H3. The lowest BCUT2D eigenvalue weighted by Crippen LogP contribution is -2.42. The van der Waals surface area contributed by atoms with Gasteiger partial charge in [0, 0.05) is 25.7 Å². The molecule has 5 nitrogen and oxygen atoms in total. The number of aliphatic hydroxyl groups excluding tert-OH is 1. The van der Waals surface area contributed by atoms with Gasteiger partial charge in [-0.05, 0) is 31.2 Å². The molecule has 0 saturated carbocycles. The summed E-state index contributed by atoms with van der Waals surface area (Å²) in [5, 5.41) is 10.2. The fourth-order valence-electron chi connectivity index (χ4n) is 1.73. The summed E-state index contributed by atoms with van der Waals surface area (Å²) in [6.07, 6.45) is -1.35. The topological polar surface area (TPSA) is 59.0 Å². The van der Waals surface area contributed by atoms with Gasteiger partial charge in [0.2, 0.25) is 0 Å². The van der Waals surface area contributed by atoms with Crippen molar-refractivity contribution < 1.29 is 19.4 Å². The van der Waals surface area contributed by atoms with Gasteiger partial charge >= 0.3 is 0 Å². The average molecular weight is 302 g/mol. The summed E-state index contributed by atoms with van der Waals surface area (Å²) in [7, 11) is 3.11. The predicted molar refractivity (Wildman–Crippen MR) is 77.1 cm³/mol. The van der Waals surface area contributed by atoms with E-state index in [0.717, 1.165) is 0 Å². The number of carbonyl (C=O) groups excluding carboxylic acids is 1. The highest BCUT2D eigenvalue weighted by Crippen LogP contribution is 2.17. The Kier molecular flexibility index (Phi) is 6.78. The number of nitrogens with zero attached hydrogens (tertiary/aromatic N) is 1. The van der Waals surface area contributed by atoms with Gasteiger partial charge in [0.25, 0.3) is 5.91 Å². The van der Waals surface area contributed by atoms with Crippen molar-refractivity contribution in [3.8, 4) is 5.75 Å². The lowest BCUT2D eigenvalue weighted by atomic mass is 10.3. The molecule has 2 atom stereocenters. The third-order valence-corrected chi connectivity index (χ3v) is 2.95. The summed E-state index contributed by atoms with van der Waals surface area (Å²) in [5.41, 5.74) is 0. The van der Waals surface area contributed by atoms with Crippen molar-refractivity contribution in [1.29, 1.82) is 0 Å². The van der Waals surface area contributed by atoms with E-state index < -0.39 is 12.2 Å². The van der Waals surface area contributed by atoms with E-state index in [1.807, 2.05) is 0 Å². The number of benzene rings is 1. The summed E-state index contributed by atoms with van der Waals surface area (Å²) < 4.78 is 10.4. The Bertz CT molecular complexity index is 424. The molecule has 1 N–H and O–H groups in total. The Balaban J connectivity index is 2.51. The number of amides is 1. The monoisotopic (exact) mass is 301 g/mol. The minimum atomic E-state index is -0.711. The van der Waals surface area contributed by atoms with Gasteiger partial charge in [0.05, 0.1) is 12.7 Å². The summed E-state index contributed by atoms with van der Waals surface area (Å²) >= 11 is 5.78. The van der Waals surface area contributed by atoms with Gasteiger partial charge in [-0.25, -0.2) is 0 Å². The van der Waals surface area contributed by atoms with E-state index >= 15 is 0 Å². The highest BCUT2D eigenvalue weighted by molar-refractivity contribution is 6.30. The molecule has 0 aliphatic carbocycles. The molecule has 2 unspecified atom stereocenters. The van der Waals surface area contributed by atoms with Crippen molar-refractivity contribution in [2.75, 3.05) is 27.3 Å². The van der Waals surface area contributed by atoms with Crippen LogP contribution in [-0.4, -0.2) is 55.4 Å². The van der Waals surface area contributed by atoms with Crippen LogP contribution in [0.4, 0.5) is 0 Å². The van der Waals surface area contributed by atoms with E-state index in [1.54, 1.807) is 38.2 Å². The van der Waals surface area contributed by atoms with Gasteiger partial charge in [0.15, 0.2) is 6.10 Å². The van der Waals surface area contributed by atoms with Gasteiger partial charge in [-0.1, -0.05) is 11.6 Å². The second kappa shape index (κ2) is 8.09. The Morgan fingerprint density at radius 3 is 2.55 bits per heavy atom. The summed E-state index contributed by atoms with van der Waals surface area (Å²) in [6, 6.07) is 6.79. The zero-order chi connectivity index (χ0) is 15.1. The van der Waals surface area contributed by atoms with Gasteiger partial charge < -0.3 is 19.5 Å². The van der Waals surface area contributed by atoms with Crippen molar-refractivity contribution in [3.05, 3.63) is 29.3 Å². The van der Waals surface area contributed by atoms with E-state index in [-0.39, 0.29) is 19.1 Å². The van der Waals surface area contributed by atoms with Crippen LogP contribution < -0.4 is 4.74 Å². The number of aliphatic hydroxyl groups is 1. The molecule has 20 heavy (non-hydrogen) atoms. The van der Waals surface area contributed by atoms with Crippen LogP contribution in [0.25, 0.3) is 0 Å². The van der Waals surface area contributed by atoms with E-state index in [9.17, 15) is 9.90 Å². The molecule has 0 radical (unpaired) electrons. The normalized spacial score (nSPS) is 13.7. The molecule has 0 bridgehead atoms. The number of methoxy groups -OCH3 is 1. The molecular formula is C14H20ClNO4. The smallest absolute Gasteiger partial charge is 0.263 e. The van der Waals surface area contributed by atoms with Crippen LogP contribution in [0.15, 0.2) is 24.3 Å². The third-order valence-electron chi connectivity index (χ3n) is 2.69. The minimum Gasteiger partial charge on any atom is -0.481 e. The summed E-state index contributed by atoms with van der Waals surface area (Å²) in [6.45, 7) is 2.04. The van der Waals surface area contributed by atoms with E-state index in [2.05, 4.69) is 0 Å². The largest absolute Gasteiger partial charge is 0.481 e. The number of hydrogen-bond donors (Lipinski definition) is 1. The molecule has 0 aliphatic rings. The second-order valence-corrected chi connectivity index (χ2v) is 4.98. The lowest BCUT2D eigenvalue weighted by Gasteiger charge is -2.24. The molecule has 112 valence electrons. The molecule has 1 amide bonds. The maximum Gasteiger partial charge on any atom is 0.263 e. The van der Waals surface area contributed by atoms with Crippen LogP contribution in [0.3, 0.4) is 0 Å². The third kappa shape index (κ3) is 5.36. The second-order valence-electron chi connectivity index (χ2n) is 4.54. The lowest BCUT2D eigenvalue weighted by molar-refractivity contribution is -0.138. The molecule has 0 spiro atoms. The number of hydrogen-bond acceptors (Lipinski definition) is 4. The number of likely N-dealkylation sites (N-methyl/N-ethyl adjacent to an activating group) is 1. The van der Waals surface area contributed by atoms with Gasteiger partial charge in [-0.2, -0.15) is 0 Å². The van der Waals surface area contributed by atoms with Gasteiger partial charge in [-0.3, -0.25) is 4.79 Å². The van der Waals surface area contributed by atoms with Crippen molar-refractivity contribution in [2.45, 2.75) is 19.1 Å². The van der Waals surface area contributed by atoms with Crippen molar-refractivity contribution in [2.24, 2.45) is 0 Å². The fourth-order valence-corrected chi connectivity index (χ4v) is 1.86. The molecule has 0 heterocycles. The molecule has 0 aliphatic heterocycles. The SMILES string of the molecule is COCC(O)CN(C)C(=O)C(C)Oc1ccc(Cl)cc1. The molecule has 0 saturated heterocycles. The molecule has 0 fully saturated rings. The Morgan fingerprint density at radius 2 is 2.00 bits per heavy atom. The zero-order valence-corrected chi connectivity index (χ0v) is 12.6. The number of carbonyl (C=O) groups is 1. The van der Waals surface area contributed by atoms with Crippen LogP contribution in [0.2, 0.25) is 5.02 Å². The van der Waals surface area contributed by atoms with E-state index in [4.69, 9.17) is 21.1 Å². The first-order valence-electron chi connectivity index (χ1n) is 6.28. The maximum atomic E-state index is 12.1. The highest BCUT2D eigenvalue weighted by atomic mass is 35.5. The van der Waals surface area contributed by atoms with Crippen molar-refractivity contribution in [1.82, 2.24) is 4.90 Å². The summed E-state index contributed by atoms with van der Waals surface area (Å²) in [5.74, 6) is 0.358.